The zero-order chi connectivity index (χ0) is 19.2. The van der Waals surface area contributed by atoms with E-state index >= 15 is 0 Å². The summed E-state index contributed by atoms with van der Waals surface area (Å²) >= 11 is 1.45. The van der Waals surface area contributed by atoms with Gasteiger partial charge in [0.2, 0.25) is 11.8 Å². The normalized spacial score (nSPS) is 15.3. The van der Waals surface area contributed by atoms with Gasteiger partial charge in [-0.25, -0.2) is 4.98 Å². The quantitative estimate of drug-likeness (QED) is 0.731. The Balaban J connectivity index is 1.56. The first-order valence-corrected chi connectivity index (χ1v) is 10.2. The number of benzene rings is 1. The molecule has 0 saturated carbocycles. The van der Waals surface area contributed by atoms with Crippen molar-refractivity contribution in [2.75, 3.05) is 32.6 Å². The first kappa shape index (κ1) is 19.7. The number of carbonyl (C=O) groups excluding carboxylic acids is 2. The lowest BCUT2D eigenvalue weighted by Crippen LogP contribution is -2.46. The molecule has 1 aromatic heterocycles. The van der Waals surface area contributed by atoms with Gasteiger partial charge in [0.05, 0.1) is 23.4 Å². The third-order valence-electron chi connectivity index (χ3n) is 4.78. The number of ether oxygens (including phenoxy) is 1. The minimum absolute atomic E-state index is 0.00613. The zero-order valence-electron chi connectivity index (χ0n) is 15.8. The van der Waals surface area contributed by atoms with E-state index in [0.29, 0.717) is 32.0 Å². The maximum atomic E-state index is 12.4. The van der Waals surface area contributed by atoms with Gasteiger partial charge in [-0.05, 0) is 25.0 Å². The van der Waals surface area contributed by atoms with Gasteiger partial charge in [-0.15, -0.1) is 0 Å². The Morgan fingerprint density at radius 2 is 2.04 bits per heavy atom. The predicted octanol–water partition coefficient (Wildman–Crippen LogP) is 1.90. The van der Waals surface area contributed by atoms with Crippen LogP contribution in [0.4, 0.5) is 0 Å². The lowest BCUT2D eigenvalue weighted by atomic mass is 10.1. The number of nitrogens with zero attached hydrogens (tertiary/aromatic N) is 3. The molecule has 0 spiro atoms. The van der Waals surface area contributed by atoms with Crippen molar-refractivity contribution in [1.82, 2.24) is 19.8 Å². The number of methoxy groups -OCH3 is 1. The number of piperidine rings is 1. The van der Waals surface area contributed by atoms with Crippen LogP contribution in [-0.2, 0) is 20.9 Å². The van der Waals surface area contributed by atoms with Gasteiger partial charge >= 0.3 is 0 Å². The van der Waals surface area contributed by atoms with Crippen molar-refractivity contribution in [3.63, 3.8) is 0 Å². The van der Waals surface area contributed by atoms with Crippen LogP contribution in [0.25, 0.3) is 11.0 Å². The van der Waals surface area contributed by atoms with Crippen LogP contribution in [0.15, 0.2) is 29.4 Å². The monoisotopic (exact) mass is 390 g/mol. The fourth-order valence-corrected chi connectivity index (χ4v) is 4.15. The Morgan fingerprint density at radius 3 is 2.74 bits per heavy atom. The van der Waals surface area contributed by atoms with Crippen molar-refractivity contribution in [3.05, 3.63) is 24.3 Å². The van der Waals surface area contributed by atoms with Gasteiger partial charge in [0.1, 0.15) is 0 Å². The van der Waals surface area contributed by atoms with Crippen LogP contribution in [0, 0.1) is 0 Å². The van der Waals surface area contributed by atoms with Crippen molar-refractivity contribution >= 4 is 34.6 Å². The van der Waals surface area contributed by atoms with Gasteiger partial charge in [-0.3, -0.25) is 9.59 Å². The van der Waals surface area contributed by atoms with Gasteiger partial charge in [-0.2, -0.15) is 0 Å². The Morgan fingerprint density at radius 1 is 1.30 bits per heavy atom. The van der Waals surface area contributed by atoms with Crippen LogP contribution in [0.1, 0.15) is 19.8 Å². The number of hydrogen-bond donors (Lipinski definition) is 1. The standard InChI is InChI=1S/C19H26N4O3S/c1-14(24)22-9-7-15(8-10-22)20-18(25)13-27-19-21-16-5-3-4-6-17(16)23(19)11-12-26-2/h3-6,15H,7-13H2,1-2H3,(H,20,25). The van der Waals surface area contributed by atoms with E-state index in [0.717, 1.165) is 29.0 Å². The average Bonchev–Trinajstić information content (AvgIpc) is 3.02. The summed E-state index contributed by atoms with van der Waals surface area (Å²) in [4.78, 5) is 30.2. The van der Waals surface area contributed by atoms with Gasteiger partial charge < -0.3 is 19.5 Å². The fourth-order valence-electron chi connectivity index (χ4n) is 3.30. The molecule has 1 fully saturated rings. The van der Waals surface area contributed by atoms with Crippen LogP contribution < -0.4 is 5.32 Å². The number of hydrogen-bond acceptors (Lipinski definition) is 5. The smallest absolute Gasteiger partial charge is 0.230 e. The molecule has 1 N–H and O–H groups in total. The first-order chi connectivity index (χ1) is 13.1. The highest BCUT2D eigenvalue weighted by Crippen LogP contribution is 2.24. The molecular weight excluding hydrogens is 364 g/mol. The lowest BCUT2D eigenvalue weighted by Gasteiger charge is -2.31. The van der Waals surface area contributed by atoms with E-state index in [-0.39, 0.29) is 17.9 Å². The Kier molecular flexibility index (Phi) is 6.73. The molecule has 2 amide bonds. The van der Waals surface area contributed by atoms with Gasteiger partial charge in [0.15, 0.2) is 5.16 Å². The third-order valence-corrected chi connectivity index (χ3v) is 5.75. The molecule has 27 heavy (non-hydrogen) atoms. The summed E-state index contributed by atoms with van der Waals surface area (Å²) in [6, 6.07) is 8.10. The van der Waals surface area contributed by atoms with Crippen LogP contribution in [0.5, 0.6) is 0 Å². The minimum Gasteiger partial charge on any atom is -0.383 e. The number of imidazole rings is 1. The van der Waals surface area contributed by atoms with Gasteiger partial charge in [-0.1, -0.05) is 23.9 Å². The predicted molar refractivity (Wildman–Crippen MR) is 106 cm³/mol. The van der Waals surface area contributed by atoms with E-state index in [4.69, 9.17) is 4.74 Å². The summed E-state index contributed by atoms with van der Waals surface area (Å²) in [6.45, 7) is 4.30. The highest BCUT2D eigenvalue weighted by Gasteiger charge is 2.22. The molecular formula is C19H26N4O3S. The first-order valence-electron chi connectivity index (χ1n) is 9.20. The molecule has 146 valence electrons. The molecule has 0 aliphatic carbocycles. The maximum Gasteiger partial charge on any atom is 0.230 e. The van der Waals surface area contributed by atoms with Crippen molar-refractivity contribution in [1.29, 1.82) is 0 Å². The van der Waals surface area contributed by atoms with Crippen molar-refractivity contribution in [2.24, 2.45) is 0 Å². The van der Waals surface area contributed by atoms with E-state index in [1.165, 1.54) is 11.8 Å². The molecule has 0 unspecified atom stereocenters. The SMILES string of the molecule is COCCn1c(SCC(=O)NC2CCN(C(C)=O)CC2)nc2ccccc21. The molecule has 1 aliphatic rings. The number of aromatic nitrogens is 2. The summed E-state index contributed by atoms with van der Waals surface area (Å²) in [5.74, 6) is 0.431. The van der Waals surface area contributed by atoms with E-state index < -0.39 is 0 Å². The number of para-hydroxylation sites is 2. The molecule has 1 saturated heterocycles. The number of nitrogens with one attached hydrogen (secondary N) is 1. The van der Waals surface area contributed by atoms with Crippen LogP contribution in [0.2, 0.25) is 0 Å². The molecule has 2 heterocycles. The van der Waals surface area contributed by atoms with E-state index in [1.807, 2.05) is 29.2 Å². The highest BCUT2D eigenvalue weighted by molar-refractivity contribution is 7.99. The zero-order valence-corrected chi connectivity index (χ0v) is 16.6. The summed E-state index contributed by atoms with van der Waals surface area (Å²) in [6.07, 6.45) is 1.62. The molecule has 3 rings (SSSR count). The lowest BCUT2D eigenvalue weighted by molar-refractivity contribution is -0.130. The third kappa shape index (κ3) is 5.01. The summed E-state index contributed by atoms with van der Waals surface area (Å²) in [5, 5.41) is 3.91. The number of thioether (sulfide) groups is 1. The van der Waals surface area contributed by atoms with Crippen molar-refractivity contribution in [3.8, 4) is 0 Å². The largest absolute Gasteiger partial charge is 0.383 e. The number of amides is 2. The van der Waals surface area contributed by atoms with Crippen LogP contribution in [-0.4, -0.2) is 64.9 Å². The molecule has 0 radical (unpaired) electrons. The molecule has 0 atom stereocenters. The molecule has 7 nitrogen and oxygen atoms in total. The van der Waals surface area contributed by atoms with E-state index in [9.17, 15) is 9.59 Å². The Bertz CT molecular complexity index is 799. The Labute approximate surface area is 163 Å². The van der Waals surface area contributed by atoms with E-state index in [1.54, 1.807) is 14.0 Å². The van der Waals surface area contributed by atoms with Crippen molar-refractivity contribution in [2.45, 2.75) is 37.5 Å². The van der Waals surface area contributed by atoms with E-state index in [2.05, 4.69) is 14.9 Å². The fraction of sp³-hybridized carbons (Fsp3) is 0.526. The molecule has 1 aliphatic heterocycles. The molecule has 0 bridgehead atoms. The second-order valence-electron chi connectivity index (χ2n) is 6.66. The number of carbonyl (C=O) groups is 2. The second-order valence-corrected chi connectivity index (χ2v) is 7.61. The number of likely N-dealkylation sites (tertiary alicyclic amines) is 1. The number of rotatable bonds is 7. The van der Waals surface area contributed by atoms with Crippen LogP contribution >= 0.6 is 11.8 Å². The highest BCUT2D eigenvalue weighted by atomic mass is 32.2. The molecule has 8 heteroatoms. The summed E-state index contributed by atoms with van der Waals surface area (Å²) in [5.41, 5.74) is 1.97. The maximum absolute atomic E-state index is 12.4. The van der Waals surface area contributed by atoms with Crippen LogP contribution in [0.3, 0.4) is 0 Å². The van der Waals surface area contributed by atoms with Gasteiger partial charge in [0.25, 0.3) is 0 Å². The summed E-state index contributed by atoms with van der Waals surface area (Å²) in [7, 11) is 1.68. The van der Waals surface area contributed by atoms with Gasteiger partial charge in [0, 0.05) is 39.7 Å². The van der Waals surface area contributed by atoms with Crippen molar-refractivity contribution < 1.29 is 14.3 Å². The topological polar surface area (TPSA) is 76.5 Å². The average molecular weight is 391 g/mol. The minimum atomic E-state index is 0.00613. The molecule has 1 aromatic carbocycles. The second kappa shape index (κ2) is 9.23. The number of fused-ring (bicyclic) bond motifs is 1. The molecule has 2 aromatic rings. The summed E-state index contributed by atoms with van der Waals surface area (Å²) < 4.78 is 7.30. The Hall–Kier alpha value is -2.06.